The van der Waals surface area contributed by atoms with Gasteiger partial charge in [0.25, 0.3) is 0 Å². The molecule has 0 unspecified atom stereocenters. The van der Waals surface area contributed by atoms with Crippen molar-refractivity contribution in [2.24, 2.45) is 4.99 Å². The Bertz CT molecular complexity index is 820. The second kappa shape index (κ2) is 6.08. The summed E-state index contributed by atoms with van der Waals surface area (Å²) in [5.74, 6) is -0.0527. The Kier molecular flexibility index (Phi) is 4.10. The van der Waals surface area contributed by atoms with Crippen molar-refractivity contribution < 1.29 is 9.53 Å². The Hall–Kier alpha value is -2.68. The number of hydrogen-bond acceptors (Lipinski definition) is 3. The van der Waals surface area contributed by atoms with Crippen molar-refractivity contribution in [3.8, 4) is 0 Å². The van der Waals surface area contributed by atoms with Gasteiger partial charge in [-0.3, -0.25) is 0 Å². The van der Waals surface area contributed by atoms with E-state index in [4.69, 9.17) is 4.74 Å². The van der Waals surface area contributed by atoms with E-state index in [1.54, 1.807) is 6.08 Å². The number of carbonyl (C=O) groups is 1. The molecule has 1 heterocycles. The third-order valence-electron chi connectivity index (χ3n) is 4.00. The van der Waals surface area contributed by atoms with Crippen LogP contribution in [0.5, 0.6) is 0 Å². The van der Waals surface area contributed by atoms with Crippen LogP contribution in [0.2, 0.25) is 0 Å². The SMILES string of the molecule is Cc1ccc(C2=N/C(=C/c3ccc(C(C)(C)C)cc3)C(=O)O2)cc1. The van der Waals surface area contributed by atoms with Crippen molar-refractivity contribution in [2.45, 2.75) is 33.1 Å². The molecule has 122 valence electrons. The van der Waals surface area contributed by atoms with E-state index in [-0.39, 0.29) is 5.41 Å². The summed E-state index contributed by atoms with van der Waals surface area (Å²) in [6.45, 7) is 8.53. The minimum atomic E-state index is -0.412. The van der Waals surface area contributed by atoms with Gasteiger partial charge in [0.05, 0.1) is 0 Å². The Labute approximate surface area is 142 Å². The van der Waals surface area contributed by atoms with Crippen LogP contribution in [-0.4, -0.2) is 11.9 Å². The van der Waals surface area contributed by atoms with Crippen molar-refractivity contribution in [1.82, 2.24) is 0 Å². The molecule has 24 heavy (non-hydrogen) atoms. The first-order chi connectivity index (χ1) is 11.3. The van der Waals surface area contributed by atoms with Gasteiger partial charge in [0.2, 0.25) is 5.90 Å². The highest BCUT2D eigenvalue weighted by atomic mass is 16.6. The fourth-order valence-corrected chi connectivity index (χ4v) is 2.47. The van der Waals surface area contributed by atoms with E-state index in [2.05, 4.69) is 37.9 Å². The van der Waals surface area contributed by atoms with E-state index in [1.807, 2.05) is 43.3 Å². The van der Waals surface area contributed by atoms with Gasteiger partial charge < -0.3 is 4.74 Å². The van der Waals surface area contributed by atoms with Gasteiger partial charge in [0, 0.05) is 5.56 Å². The maximum Gasteiger partial charge on any atom is 0.363 e. The average Bonchev–Trinajstić information content (AvgIpc) is 2.89. The third kappa shape index (κ3) is 3.46. The zero-order chi connectivity index (χ0) is 17.3. The van der Waals surface area contributed by atoms with Crippen LogP contribution >= 0.6 is 0 Å². The molecule has 0 saturated heterocycles. The molecule has 0 amide bonds. The molecule has 0 spiro atoms. The van der Waals surface area contributed by atoms with Gasteiger partial charge in [-0.25, -0.2) is 9.79 Å². The summed E-state index contributed by atoms with van der Waals surface area (Å²) >= 11 is 0. The highest BCUT2D eigenvalue weighted by molar-refractivity contribution is 6.12. The number of aliphatic imine (C=N–C) groups is 1. The predicted octanol–water partition coefficient (Wildman–Crippen LogP) is 4.64. The Morgan fingerprint density at radius 3 is 2.17 bits per heavy atom. The molecule has 0 N–H and O–H groups in total. The molecular weight excluding hydrogens is 298 g/mol. The molecule has 0 saturated carbocycles. The lowest BCUT2D eigenvalue weighted by Gasteiger charge is -2.18. The summed E-state index contributed by atoms with van der Waals surface area (Å²) in [6, 6.07) is 15.9. The minimum absolute atomic E-state index is 0.106. The van der Waals surface area contributed by atoms with E-state index in [0.717, 1.165) is 16.7 Å². The number of nitrogens with zero attached hydrogens (tertiary/aromatic N) is 1. The van der Waals surface area contributed by atoms with Crippen molar-refractivity contribution in [1.29, 1.82) is 0 Å². The van der Waals surface area contributed by atoms with Crippen LogP contribution in [0.3, 0.4) is 0 Å². The van der Waals surface area contributed by atoms with E-state index >= 15 is 0 Å². The summed E-state index contributed by atoms with van der Waals surface area (Å²) in [6.07, 6.45) is 1.76. The van der Waals surface area contributed by atoms with Gasteiger partial charge in [0.1, 0.15) is 0 Å². The second-order valence-corrected chi connectivity index (χ2v) is 7.07. The normalized spacial score (nSPS) is 16.2. The van der Waals surface area contributed by atoms with E-state index in [1.165, 1.54) is 5.56 Å². The zero-order valence-electron chi connectivity index (χ0n) is 14.5. The molecule has 0 aromatic heterocycles. The van der Waals surface area contributed by atoms with Gasteiger partial charge >= 0.3 is 5.97 Å². The van der Waals surface area contributed by atoms with Crippen LogP contribution in [0, 0.1) is 6.92 Å². The van der Waals surface area contributed by atoms with E-state index < -0.39 is 5.97 Å². The molecule has 3 rings (SSSR count). The van der Waals surface area contributed by atoms with Crippen LogP contribution in [0.4, 0.5) is 0 Å². The maximum atomic E-state index is 12.1. The number of benzene rings is 2. The fourth-order valence-electron chi connectivity index (χ4n) is 2.47. The number of carbonyl (C=O) groups excluding carboxylic acids is 1. The van der Waals surface area contributed by atoms with Crippen LogP contribution in [-0.2, 0) is 14.9 Å². The van der Waals surface area contributed by atoms with Gasteiger partial charge in [-0.2, -0.15) is 0 Å². The van der Waals surface area contributed by atoms with Crippen LogP contribution < -0.4 is 0 Å². The quantitative estimate of drug-likeness (QED) is 0.597. The topological polar surface area (TPSA) is 38.7 Å². The molecule has 3 heteroatoms. The number of hydrogen-bond donors (Lipinski definition) is 0. The number of cyclic esters (lactones) is 1. The lowest BCUT2D eigenvalue weighted by atomic mass is 9.87. The maximum absolute atomic E-state index is 12.1. The molecule has 1 aliphatic rings. The van der Waals surface area contributed by atoms with E-state index in [0.29, 0.717) is 11.6 Å². The lowest BCUT2D eigenvalue weighted by molar-refractivity contribution is -0.129. The molecule has 2 aromatic rings. The van der Waals surface area contributed by atoms with Gasteiger partial charge in [-0.1, -0.05) is 62.7 Å². The average molecular weight is 319 g/mol. The van der Waals surface area contributed by atoms with Crippen molar-refractivity contribution in [3.63, 3.8) is 0 Å². The molecular formula is C21H21NO2. The monoisotopic (exact) mass is 319 g/mol. The Morgan fingerprint density at radius 2 is 1.58 bits per heavy atom. The van der Waals surface area contributed by atoms with Crippen LogP contribution in [0.15, 0.2) is 59.2 Å². The Balaban J connectivity index is 1.87. The minimum Gasteiger partial charge on any atom is -0.402 e. The number of aryl methyl sites for hydroxylation is 1. The fraction of sp³-hybridized carbons (Fsp3) is 0.238. The Morgan fingerprint density at radius 1 is 0.958 bits per heavy atom. The molecule has 0 aliphatic carbocycles. The molecule has 0 atom stereocenters. The highest BCUT2D eigenvalue weighted by Gasteiger charge is 2.24. The van der Waals surface area contributed by atoms with Crippen LogP contribution in [0.25, 0.3) is 6.08 Å². The molecule has 0 radical (unpaired) electrons. The molecule has 1 aliphatic heterocycles. The largest absolute Gasteiger partial charge is 0.402 e. The predicted molar refractivity (Wildman–Crippen MR) is 96.9 cm³/mol. The highest BCUT2D eigenvalue weighted by Crippen LogP contribution is 2.24. The van der Waals surface area contributed by atoms with Gasteiger partial charge in [-0.05, 0) is 41.7 Å². The van der Waals surface area contributed by atoms with E-state index in [9.17, 15) is 4.79 Å². The summed E-state index contributed by atoms with van der Waals surface area (Å²) in [5, 5.41) is 0. The van der Waals surface area contributed by atoms with Crippen molar-refractivity contribution in [3.05, 3.63) is 76.5 Å². The number of esters is 1. The summed E-state index contributed by atoms with van der Waals surface area (Å²) in [5.41, 5.74) is 4.58. The first-order valence-electron chi connectivity index (χ1n) is 8.03. The summed E-state index contributed by atoms with van der Waals surface area (Å²) in [4.78, 5) is 16.4. The van der Waals surface area contributed by atoms with Gasteiger partial charge in [0.15, 0.2) is 5.70 Å². The summed E-state index contributed by atoms with van der Waals surface area (Å²) < 4.78 is 5.29. The summed E-state index contributed by atoms with van der Waals surface area (Å²) in [7, 11) is 0. The molecule has 0 fully saturated rings. The van der Waals surface area contributed by atoms with Crippen molar-refractivity contribution >= 4 is 17.9 Å². The first-order valence-corrected chi connectivity index (χ1v) is 8.03. The smallest absolute Gasteiger partial charge is 0.363 e. The number of ether oxygens (including phenoxy) is 1. The lowest BCUT2D eigenvalue weighted by Crippen LogP contribution is -2.10. The third-order valence-corrected chi connectivity index (χ3v) is 4.00. The first kappa shape index (κ1) is 16.2. The van der Waals surface area contributed by atoms with Crippen LogP contribution in [0.1, 0.15) is 43.0 Å². The molecule has 2 aromatic carbocycles. The zero-order valence-corrected chi connectivity index (χ0v) is 14.5. The molecule has 3 nitrogen and oxygen atoms in total. The number of rotatable bonds is 2. The second-order valence-electron chi connectivity index (χ2n) is 7.07. The van der Waals surface area contributed by atoms with Gasteiger partial charge in [-0.15, -0.1) is 0 Å². The standard InChI is InChI=1S/C21H21NO2/c1-14-5-9-16(10-6-14)19-22-18(20(23)24-19)13-15-7-11-17(12-8-15)21(2,3)4/h5-13H,1-4H3/b18-13+. The molecule has 0 bridgehead atoms. The van der Waals surface area contributed by atoms with Crippen molar-refractivity contribution in [2.75, 3.05) is 0 Å².